The first-order valence-corrected chi connectivity index (χ1v) is 11.6. The van der Waals surface area contributed by atoms with Crippen molar-refractivity contribution in [1.29, 1.82) is 0 Å². The minimum atomic E-state index is -3.81. The molecule has 1 fully saturated rings. The van der Waals surface area contributed by atoms with Gasteiger partial charge in [-0.1, -0.05) is 6.07 Å². The number of rotatable bonds is 7. The molecule has 1 aliphatic heterocycles. The summed E-state index contributed by atoms with van der Waals surface area (Å²) in [5.41, 5.74) is 0.565. The molecule has 178 valence electrons. The first-order valence-electron chi connectivity index (χ1n) is 10.2. The predicted octanol–water partition coefficient (Wildman–Crippen LogP) is 1.82. The lowest BCUT2D eigenvalue weighted by Gasteiger charge is -2.33. The van der Waals surface area contributed by atoms with Gasteiger partial charge in [0.15, 0.2) is 11.5 Å². The Morgan fingerprint density at radius 1 is 0.909 bits per heavy atom. The highest BCUT2D eigenvalue weighted by atomic mass is 32.2. The number of hydrogen-bond donors (Lipinski definition) is 1. The van der Waals surface area contributed by atoms with Crippen LogP contribution in [0.15, 0.2) is 41.3 Å². The van der Waals surface area contributed by atoms with Crippen LogP contribution in [0.2, 0.25) is 0 Å². The first kappa shape index (κ1) is 24.3. The lowest BCUT2D eigenvalue weighted by Crippen LogP contribution is -2.49. The van der Waals surface area contributed by atoms with Crippen LogP contribution in [0.25, 0.3) is 0 Å². The molecule has 33 heavy (non-hydrogen) atoms. The van der Waals surface area contributed by atoms with Crippen LogP contribution in [0.1, 0.15) is 17.3 Å². The summed E-state index contributed by atoms with van der Waals surface area (Å²) in [6.07, 6.45) is 0. The van der Waals surface area contributed by atoms with Crippen molar-refractivity contribution < 1.29 is 32.2 Å². The van der Waals surface area contributed by atoms with Gasteiger partial charge in [-0.05, 0) is 18.2 Å². The van der Waals surface area contributed by atoms with Gasteiger partial charge in [0, 0.05) is 56.5 Å². The summed E-state index contributed by atoms with van der Waals surface area (Å²) in [7, 11) is 0.597. The van der Waals surface area contributed by atoms with Gasteiger partial charge < -0.3 is 24.4 Å². The highest BCUT2D eigenvalue weighted by Gasteiger charge is 2.29. The number of anilines is 1. The van der Waals surface area contributed by atoms with E-state index in [4.69, 9.17) is 14.2 Å². The lowest BCUT2D eigenvalue weighted by atomic mass is 10.2. The molecule has 0 aromatic heterocycles. The van der Waals surface area contributed by atoms with Crippen molar-refractivity contribution in [3.8, 4) is 17.2 Å². The third-order valence-electron chi connectivity index (χ3n) is 5.34. The number of benzene rings is 2. The molecule has 3 rings (SSSR count). The van der Waals surface area contributed by atoms with E-state index in [-0.39, 0.29) is 29.5 Å². The Morgan fingerprint density at radius 2 is 1.52 bits per heavy atom. The fraction of sp³-hybridized carbons (Fsp3) is 0.364. The maximum Gasteiger partial charge on any atom is 0.255 e. The van der Waals surface area contributed by atoms with Gasteiger partial charge in [-0.25, -0.2) is 8.42 Å². The number of methoxy groups -OCH3 is 3. The van der Waals surface area contributed by atoms with Gasteiger partial charge in [0.05, 0.1) is 26.2 Å². The normalized spacial score (nSPS) is 14.5. The second kappa shape index (κ2) is 10.1. The molecule has 2 aromatic carbocycles. The van der Waals surface area contributed by atoms with E-state index in [1.54, 1.807) is 17.0 Å². The van der Waals surface area contributed by atoms with Gasteiger partial charge >= 0.3 is 0 Å². The van der Waals surface area contributed by atoms with Crippen molar-refractivity contribution in [1.82, 2.24) is 9.21 Å². The van der Waals surface area contributed by atoms with E-state index in [9.17, 15) is 18.0 Å². The van der Waals surface area contributed by atoms with Crippen LogP contribution in [0.5, 0.6) is 17.2 Å². The van der Waals surface area contributed by atoms with Crippen molar-refractivity contribution in [2.45, 2.75) is 11.8 Å². The summed E-state index contributed by atoms with van der Waals surface area (Å²) < 4.78 is 43.3. The fourth-order valence-corrected chi connectivity index (χ4v) is 5.02. The van der Waals surface area contributed by atoms with E-state index >= 15 is 0 Å². The Labute approximate surface area is 193 Å². The number of nitrogens with zero attached hydrogens (tertiary/aromatic N) is 2. The van der Waals surface area contributed by atoms with E-state index in [1.165, 1.54) is 56.8 Å². The van der Waals surface area contributed by atoms with Crippen LogP contribution in [0.4, 0.5) is 5.69 Å². The SMILES string of the molecule is COc1cc(NC(=O)c2cccc(S(=O)(=O)N3CCN(C(C)=O)CC3)c2)cc(OC)c1OC. The topological polar surface area (TPSA) is 114 Å². The summed E-state index contributed by atoms with van der Waals surface area (Å²) >= 11 is 0. The van der Waals surface area contributed by atoms with Crippen LogP contribution in [-0.2, 0) is 14.8 Å². The quantitative estimate of drug-likeness (QED) is 0.647. The van der Waals surface area contributed by atoms with Crippen molar-refractivity contribution >= 4 is 27.5 Å². The maximum absolute atomic E-state index is 13.1. The zero-order valence-corrected chi connectivity index (χ0v) is 19.8. The molecule has 0 saturated carbocycles. The van der Waals surface area contributed by atoms with Crippen LogP contribution < -0.4 is 19.5 Å². The number of nitrogens with one attached hydrogen (secondary N) is 1. The molecule has 0 radical (unpaired) electrons. The molecule has 1 N–H and O–H groups in total. The molecule has 0 unspecified atom stereocenters. The first-order chi connectivity index (χ1) is 15.7. The van der Waals surface area contributed by atoms with E-state index in [0.717, 1.165) is 0 Å². The molecule has 1 heterocycles. The minimum Gasteiger partial charge on any atom is -0.493 e. The highest BCUT2D eigenvalue weighted by molar-refractivity contribution is 7.89. The highest BCUT2D eigenvalue weighted by Crippen LogP contribution is 2.40. The average Bonchev–Trinajstić information content (AvgIpc) is 2.83. The number of carbonyl (C=O) groups is 2. The standard InChI is InChI=1S/C22H27N3O7S/c1-15(26)24-8-10-25(11-9-24)33(28,29)18-7-5-6-16(12-18)22(27)23-17-13-19(30-2)21(32-4)20(14-17)31-3/h5-7,12-14H,8-11H2,1-4H3,(H,23,27). The second-order valence-electron chi connectivity index (χ2n) is 7.31. The minimum absolute atomic E-state index is 0.0105. The van der Waals surface area contributed by atoms with Gasteiger partial charge in [-0.3, -0.25) is 9.59 Å². The van der Waals surface area contributed by atoms with Gasteiger partial charge in [0.25, 0.3) is 5.91 Å². The summed E-state index contributed by atoms with van der Waals surface area (Å²) in [5, 5.41) is 2.73. The Balaban J connectivity index is 1.81. The Bertz CT molecular complexity index is 1120. The van der Waals surface area contributed by atoms with E-state index in [1.807, 2.05) is 0 Å². The van der Waals surface area contributed by atoms with Crippen molar-refractivity contribution in [3.05, 3.63) is 42.0 Å². The third kappa shape index (κ3) is 5.20. The number of carbonyl (C=O) groups excluding carboxylic acids is 2. The van der Waals surface area contributed by atoms with Crippen LogP contribution >= 0.6 is 0 Å². The van der Waals surface area contributed by atoms with Crippen LogP contribution in [0, 0.1) is 0 Å². The molecule has 0 bridgehead atoms. The third-order valence-corrected chi connectivity index (χ3v) is 7.24. The van der Waals surface area contributed by atoms with Gasteiger partial charge in [0.1, 0.15) is 0 Å². The van der Waals surface area contributed by atoms with Crippen LogP contribution in [-0.4, -0.2) is 76.9 Å². The van der Waals surface area contributed by atoms with Gasteiger partial charge in [-0.15, -0.1) is 0 Å². The second-order valence-corrected chi connectivity index (χ2v) is 9.24. The summed E-state index contributed by atoms with van der Waals surface area (Å²) in [6.45, 7) is 2.51. The zero-order valence-electron chi connectivity index (χ0n) is 19.0. The molecule has 0 aliphatic carbocycles. The van der Waals surface area contributed by atoms with Crippen molar-refractivity contribution in [2.75, 3.05) is 52.8 Å². The predicted molar refractivity (Wildman–Crippen MR) is 122 cm³/mol. The Morgan fingerprint density at radius 3 is 2.03 bits per heavy atom. The maximum atomic E-state index is 13.1. The number of sulfonamides is 1. The molecule has 2 amide bonds. The molecule has 1 aliphatic rings. The largest absolute Gasteiger partial charge is 0.493 e. The molecule has 1 saturated heterocycles. The molecule has 0 atom stereocenters. The van der Waals surface area contributed by atoms with Crippen LogP contribution in [0.3, 0.4) is 0 Å². The molecule has 2 aromatic rings. The van der Waals surface area contributed by atoms with Crippen molar-refractivity contribution in [3.63, 3.8) is 0 Å². The van der Waals surface area contributed by atoms with E-state index < -0.39 is 15.9 Å². The molecule has 0 spiro atoms. The number of piperazine rings is 1. The molecular weight excluding hydrogens is 450 g/mol. The van der Waals surface area contributed by atoms with Crippen molar-refractivity contribution in [2.24, 2.45) is 0 Å². The summed E-state index contributed by atoms with van der Waals surface area (Å²) in [4.78, 5) is 26.0. The Kier molecular flexibility index (Phi) is 7.44. The lowest BCUT2D eigenvalue weighted by molar-refractivity contribution is -0.129. The zero-order chi connectivity index (χ0) is 24.2. The average molecular weight is 478 g/mol. The van der Waals surface area contributed by atoms with E-state index in [0.29, 0.717) is 36.0 Å². The van der Waals surface area contributed by atoms with Gasteiger partial charge in [-0.2, -0.15) is 4.31 Å². The van der Waals surface area contributed by atoms with Gasteiger partial charge in [0.2, 0.25) is 21.7 Å². The number of ether oxygens (including phenoxy) is 3. The Hall–Kier alpha value is -3.31. The summed E-state index contributed by atoms with van der Waals surface area (Å²) in [6, 6.07) is 8.98. The fourth-order valence-electron chi connectivity index (χ4n) is 3.55. The molecule has 11 heteroatoms. The molecular formula is C22H27N3O7S. The van der Waals surface area contributed by atoms with E-state index in [2.05, 4.69) is 5.32 Å². The smallest absolute Gasteiger partial charge is 0.255 e. The molecule has 10 nitrogen and oxygen atoms in total. The number of amides is 2. The number of hydrogen-bond acceptors (Lipinski definition) is 7. The monoisotopic (exact) mass is 477 g/mol. The summed E-state index contributed by atoms with van der Waals surface area (Å²) in [5.74, 6) is 0.539.